The van der Waals surface area contributed by atoms with E-state index in [4.69, 9.17) is 4.74 Å². The van der Waals surface area contributed by atoms with Crippen LogP contribution in [0.3, 0.4) is 0 Å². The summed E-state index contributed by atoms with van der Waals surface area (Å²) in [5.41, 5.74) is 0. The van der Waals surface area contributed by atoms with Crippen LogP contribution in [0.5, 0.6) is 11.6 Å². The molecular weight excluding hydrogens is 226 g/mol. The van der Waals surface area contributed by atoms with E-state index in [1.165, 1.54) is 6.07 Å². The molecule has 5 heteroatoms. The molecule has 0 aliphatic heterocycles. The van der Waals surface area contributed by atoms with Crippen molar-refractivity contribution in [3.05, 3.63) is 48.0 Å². The number of aromatic nitrogens is 1. The van der Waals surface area contributed by atoms with Crippen LogP contribution in [0.4, 0.5) is 14.6 Å². The molecule has 0 saturated heterocycles. The Bertz CT molecular complexity index is 532. The standard InChI is InChI=1S/C12H10F2N2O/c1-15-11-3-2-4-12(16-11)17-10-6-5-8(13)7-9(10)14/h2-7H,1H3,(H,15,16). The summed E-state index contributed by atoms with van der Waals surface area (Å²) >= 11 is 0. The summed E-state index contributed by atoms with van der Waals surface area (Å²) in [6.07, 6.45) is 0. The molecule has 2 rings (SSSR count). The van der Waals surface area contributed by atoms with Gasteiger partial charge in [-0.2, -0.15) is 4.98 Å². The molecule has 0 unspecified atom stereocenters. The Morgan fingerprint density at radius 1 is 1.18 bits per heavy atom. The number of ether oxygens (including phenoxy) is 1. The fraction of sp³-hybridized carbons (Fsp3) is 0.0833. The van der Waals surface area contributed by atoms with Gasteiger partial charge in [0, 0.05) is 19.2 Å². The molecule has 0 aliphatic rings. The quantitative estimate of drug-likeness (QED) is 0.888. The Morgan fingerprint density at radius 3 is 2.71 bits per heavy atom. The fourth-order valence-corrected chi connectivity index (χ4v) is 1.28. The minimum Gasteiger partial charge on any atom is -0.436 e. The van der Waals surface area contributed by atoms with Gasteiger partial charge in [-0.3, -0.25) is 0 Å². The largest absolute Gasteiger partial charge is 0.436 e. The minimum atomic E-state index is -0.762. The van der Waals surface area contributed by atoms with E-state index >= 15 is 0 Å². The van der Waals surface area contributed by atoms with E-state index in [0.29, 0.717) is 5.82 Å². The number of hydrogen-bond acceptors (Lipinski definition) is 3. The summed E-state index contributed by atoms with van der Waals surface area (Å²) in [5, 5.41) is 2.83. The second-order valence-electron chi connectivity index (χ2n) is 3.29. The monoisotopic (exact) mass is 236 g/mol. The van der Waals surface area contributed by atoms with E-state index in [2.05, 4.69) is 10.3 Å². The average molecular weight is 236 g/mol. The summed E-state index contributed by atoms with van der Waals surface area (Å²) < 4.78 is 31.2. The normalized spacial score (nSPS) is 10.1. The van der Waals surface area contributed by atoms with Gasteiger partial charge >= 0.3 is 0 Å². The highest BCUT2D eigenvalue weighted by Gasteiger charge is 2.07. The van der Waals surface area contributed by atoms with E-state index in [1.807, 2.05) is 0 Å². The Morgan fingerprint density at radius 2 is 2.00 bits per heavy atom. The van der Waals surface area contributed by atoms with Gasteiger partial charge in [-0.25, -0.2) is 8.78 Å². The fourth-order valence-electron chi connectivity index (χ4n) is 1.28. The SMILES string of the molecule is CNc1cccc(Oc2ccc(F)cc2F)n1. The molecule has 0 saturated carbocycles. The van der Waals surface area contributed by atoms with Gasteiger partial charge in [0.1, 0.15) is 11.6 Å². The van der Waals surface area contributed by atoms with Crippen LogP contribution < -0.4 is 10.1 Å². The summed E-state index contributed by atoms with van der Waals surface area (Å²) in [6, 6.07) is 8.16. The topological polar surface area (TPSA) is 34.1 Å². The molecular formula is C12H10F2N2O. The molecule has 3 nitrogen and oxygen atoms in total. The van der Waals surface area contributed by atoms with Crippen molar-refractivity contribution in [2.45, 2.75) is 0 Å². The first kappa shape index (κ1) is 11.3. The molecule has 1 aromatic carbocycles. The second-order valence-corrected chi connectivity index (χ2v) is 3.29. The van der Waals surface area contributed by atoms with Crippen molar-refractivity contribution in [1.29, 1.82) is 0 Å². The Labute approximate surface area is 97.1 Å². The average Bonchev–Trinajstić information content (AvgIpc) is 2.33. The van der Waals surface area contributed by atoms with Gasteiger partial charge in [-0.1, -0.05) is 6.07 Å². The van der Waals surface area contributed by atoms with Gasteiger partial charge in [0.2, 0.25) is 5.88 Å². The lowest BCUT2D eigenvalue weighted by molar-refractivity contribution is 0.424. The Kier molecular flexibility index (Phi) is 3.18. The van der Waals surface area contributed by atoms with Crippen LogP contribution in [0.1, 0.15) is 0 Å². The number of benzene rings is 1. The smallest absolute Gasteiger partial charge is 0.221 e. The number of rotatable bonds is 3. The van der Waals surface area contributed by atoms with E-state index in [9.17, 15) is 8.78 Å². The van der Waals surface area contributed by atoms with Crippen molar-refractivity contribution >= 4 is 5.82 Å². The molecule has 17 heavy (non-hydrogen) atoms. The molecule has 0 atom stereocenters. The molecule has 1 N–H and O–H groups in total. The van der Waals surface area contributed by atoms with E-state index in [0.717, 1.165) is 12.1 Å². The first-order valence-corrected chi connectivity index (χ1v) is 4.97. The van der Waals surface area contributed by atoms with Crippen LogP contribution in [-0.2, 0) is 0 Å². The molecule has 0 radical (unpaired) electrons. The Hall–Kier alpha value is -2.17. The lowest BCUT2D eigenvalue weighted by atomic mass is 10.3. The van der Waals surface area contributed by atoms with Gasteiger partial charge in [-0.05, 0) is 18.2 Å². The molecule has 2 aromatic rings. The molecule has 0 spiro atoms. The van der Waals surface area contributed by atoms with Gasteiger partial charge < -0.3 is 10.1 Å². The highest BCUT2D eigenvalue weighted by atomic mass is 19.1. The predicted molar refractivity (Wildman–Crippen MR) is 60.2 cm³/mol. The molecule has 0 bridgehead atoms. The van der Waals surface area contributed by atoms with Crippen LogP contribution in [0.2, 0.25) is 0 Å². The number of anilines is 1. The van der Waals surface area contributed by atoms with Crippen LogP contribution in [0.25, 0.3) is 0 Å². The maximum Gasteiger partial charge on any atom is 0.221 e. The van der Waals surface area contributed by atoms with Crippen LogP contribution in [0.15, 0.2) is 36.4 Å². The van der Waals surface area contributed by atoms with E-state index < -0.39 is 11.6 Å². The van der Waals surface area contributed by atoms with Crippen molar-refractivity contribution < 1.29 is 13.5 Å². The lowest BCUT2D eigenvalue weighted by Crippen LogP contribution is -1.95. The van der Waals surface area contributed by atoms with Crippen molar-refractivity contribution in [3.8, 4) is 11.6 Å². The first-order chi connectivity index (χ1) is 8.19. The molecule has 0 amide bonds. The second kappa shape index (κ2) is 4.78. The summed E-state index contributed by atoms with van der Waals surface area (Å²) in [5.74, 6) is -0.632. The summed E-state index contributed by atoms with van der Waals surface area (Å²) in [6.45, 7) is 0. The third-order valence-corrected chi connectivity index (χ3v) is 2.09. The number of halogens is 2. The maximum atomic E-state index is 13.3. The third-order valence-electron chi connectivity index (χ3n) is 2.09. The van der Waals surface area contributed by atoms with Crippen LogP contribution in [-0.4, -0.2) is 12.0 Å². The number of nitrogens with zero attached hydrogens (tertiary/aromatic N) is 1. The van der Waals surface area contributed by atoms with Crippen LogP contribution >= 0.6 is 0 Å². The maximum absolute atomic E-state index is 13.3. The summed E-state index contributed by atoms with van der Waals surface area (Å²) in [4.78, 5) is 4.06. The van der Waals surface area contributed by atoms with Crippen LogP contribution in [0, 0.1) is 11.6 Å². The minimum absolute atomic E-state index is 0.0628. The van der Waals surface area contributed by atoms with Crippen molar-refractivity contribution in [2.24, 2.45) is 0 Å². The third kappa shape index (κ3) is 2.69. The first-order valence-electron chi connectivity index (χ1n) is 4.97. The molecule has 88 valence electrons. The predicted octanol–water partition coefficient (Wildman–Crippen LogP) is 3.19. The van der Waals surface area contributed by atoms with Gasteiger partial charge in [0.25, 0.3) is 0 Å². The molecule has 0 aliphatic carbocycles. The van der Waals surface area contributed by atoms with E-state index in [1.54, 1.807) is 25.2 Å². The zero-order chi connectivity index (χ0) is 12.3. The number of hydrogen-bond donors (Lipinski definition) is 1. The van der Waals surface area contributed by atoms with Gasteiger partial charge in [0.05, 0.1) is 0 Å². The highest BCUT2D eigenvalue weighted by Crippen LogP contribution is 2.24. The zero-order valence-electron chi connectivity index (χ0n) is 9.08. The molecule has 0 fully saturated rings. The number of pyridine rings is 1. The highest BCUT2D eigenvalue weighted by molar-refractivity contribution is 5.38. The zero-order valence-corrected chi connectivity index (χ0v) is 9.08. The van der Waals surface area contributed by atoms with Crippen molar-refractivity contribution in [2.75, 3.05) is 12.4 Å². The van der Waals surface area contributed by atoms with E-state index in [-0.39, 0.29) is 11.6 Å². The van der Waals surface area contributed by atoms with Gasteiger partial charge in [-0.15, -0.1) is 0 Å². The van der Waals surface area contributed by atoms with Gasteiger partial charge in [0.15, 0.2) is 11.6 Å². The number of nitrogens with one attached hydrogen (secondary N) is 1. The Balaban J connectivity index is 2.25. The lowest BCUT2D eigenvalue weighted by Gasteiger charge is -2.07. The molecule has 1 heterocycles. The van der Waals surface area contributed by atoms with Crippen molar-refractivity contribution in [3.63, 3.8) is 0 Å². The summed E-state index contributed by atoms with van der Waals surface area (Å²) in [7, 11) is 1.71. The van der Waals surface area contributed by atoms with Crippen molar-refractivity contribution in [1.82, 2.24) is 4.98 Å². The molecule has 1 aromatic heterocycles.